The van der Waals surface area contributed by atoms with E-state index in [1.54, 1.807) is 6.26 Å². The summed E-state index contributed by atoms with van der Waals surface area (Å²) in [5.41, 5.74) is 2.57. The van der Waals surface area contributed by atoms with E-state index in [2.05, 4.69) is 10.6 Å². The zero-order valence-corrected chi connectivity index (χ0v) is 12.6. The van der Waals surface area contributed by atoms with Crippen LogP contribution in [0, 0.1) is 5.92 Å². The zero-order valence-electron chi connectivity index (χ0n) is 12.6. The molecule has 0 unspecified atom stereocenters. The van der Waals surface area contributed by atoms with E-state index in [0.29, 0.717) is 25.3 Å². The maximum absolute atomic E-state index is 11.7. The normalized spacial score (nSPS) is 14.0. The van der Waals surface area contributed by atoms with E-state index in [9.17, 15) is 9.59 Å². The summed E-state index contributed by atoms with van der Waals surface area (Å²) in [5, 5.41) is 6.69. The number of rotatable bonds is 6. The first-order valence-corrected chi connectivity index (χ1v) is 7.66. The smallest absolute Gasteiger partial charge is 0.221 e. The van der Waals surface area contributed by atoms with Crippen molar-refractivity contribution >= 4 is 28.5 Å². The number of hydrogen-bond donors (Lipinski definition) is 2. The van der Waals surface area contributed by atoms with Crippen LogP contribution in [0.4, 0.5) is 5.69 Å². The van der Waals surface area contributed by atoms with Gasteiger partial charge in [-0.2, -0.15) is 0 Å². The Labute approximate surface area is 129 Å². The summed E-state index contributed by atoms with van der Waals surface area (Å²) in [5.74, 6) is 0.640. The summed E-state index contributed by atoms with van der Waals surface area (Å²) < 4.78 is 5.52. The van der Waals surface area contributed by atoms with Crippen molar-refractivity contribution in [2.75, 3.05) is 11.9 Å². The average molecular weight is 300 g/mol. The lowest BCUT2D eigenvalue weighted by Gasteiger charge is -2.05. The van der Waals surface area contributed by atoms with E-state index in [1.165, 1.54) is 19.8 Å². The predicted octanol–water partition coefficient (Wildman–Crippen LogP) is 2.85. The number of furan rings is 1. The average Bonchev–Trinajstić information content (AvgIpc) is 3.18. The molecule has 1 aromatic carbocycles. The molecule has 1 saturated carbocycles. The van der Waals surface area contributed by atoms with E-state index in [-0.39, 0.29) is 11.8 Å². The van der Waals surface area contributed by atoms with Crippen LogP contribution in [0.5, 0.6) is 0 Å². The van der Waals surface area contributed by atoms with Gasteiger partial charge in [0.25, 0.3) is 0 Å². The summed E-state index contributed by atoms with van der Waals surface area (Å²) in [6.07, 6.45) is 5.46. The second-order valence-corrected chi connectivity index (χ2v) is 5.90. The van der Waals surface area contributed by atoms with E-state index in [4.69, 9.17) is 4.42 Å². The van der Waals surface area contributed by atoms with E-state index in [0.717, 1.165) is 22.2 Å². The van der Waals surface area contributed by atoms with Crippen LogP contribution in [0.2, 0.25) is 0 Å². The Morgan fingerprint density at radius 3 is 2.86 bits per heavy atom. The molecule has 2 N–H and O–H groups in total. The van der Waals surface area contributed by atoms with Crippen molar-refractivity contribution in [2.45, 2.75) is 32.6 Å². The lowest BCUT2D eigenvalue weighted by atomic mass is 10.1. The van der Waals surface area contributed by atoms with Gasteiger partial charge in [-0.15, -0.1) is 0 Å². The minimum atomic E-state index is -0.100. The number of anilines is 1. The Hall–Kier alpha value is -2.30. The Morgan fingerprint density at radius 2 is 2.14 bits per heavy atom. The van der Waals surface area contributed by atoms with Gasteiger partial charge in [-0.3, -0.25) is 9.59 Å². The zero-order chi connectivity index (χ0) is 15.5. The topological polar surface area (TPSA) is 71.3 Å². The highest BCUT2D eigenvalue weighted by Crippen LogP contribution is 2.32. The maximum Gasteiger partial charge on any atom is 0.221 e. The van der Waals surface area contributed by atoms with E-state index < -0.39 is 0 Å². The van der Waals surface area contributed by atoms with Crippen molar-refractivity contribution in [1.29, 1.82) is 0 Å². The van der Waals surface area contributed by atoms with Crippen molar-refractivity contribution in [3.8, 4) is 0 Å². The standard InChI is InChI=1S/C17H20N2O3/c1-11(20)19-14-4-5-16-15(9-14)13(10-22-16)6-7-18-17(21)8-12-2-3-12/h4-5,9-10,12H,2-3,6-8H2,1H3,(H,18,21)(H,19,20). The van der Waals surface area contributed by atoms with Crippen LogP contribution < -0.4 is 10.6 Å². The number of benzene rings is 1. The molecule has 1 aliphatic rings. The molecule has 0 spiro atoms. The summed E-state index contributed by atoms with van der Waals surface area (Å²) >= 11 is 0. The Kier molecular flexibility index (Phi) is 4.13. The van der Waals surface area contributed by atoms with E-state index >= 15 is 0 Å². The number of carbonyl (C=O) groups excluding carboxylic acids is 2. The largest absolute Gasteiger partial charge is 0.464 e. The minimum Gasteiger partial charge on any atom is -0.464 e. The van der Waals surface area contributed by atoms with E-state index in [1.807, 2.05) is 18.2 Å². The number of fused-ring (bicyclic) bond motifs is 1. The Balaban J connectivity index is 1.62. The third-order valence-corrected chi connectivity index (χ3v) is 3.86. The first-order valence-electron chi connectivity index (χ1n) is 7.66. The molecule has 0 radical (unpaired) electrons. The van der Waals surface area contributed by atoms with Crippen LogP contribution in [0.3, 0.4) is 0 Å². The van der Waals surface area contributed by atoms with Gasteiger partial charge >= 0.3 is 0 Å². The fourth-order valence-electron chi connectivity index (χ4n) is 2.55. The first-order chi connectivity index (χ1) is 10.6. The second kappa shape index (κ2) is 6.22. The van der Waals surface area contributed by atoms with Gasteiger partial charge in [0.2, 0.25) is 11.8 Å². The van der Waals surface area contributed by atoms with Gasteiger partial charge in [0.05, 0.1) is 6.26 Å². The highest BCUT2D eigenvalue weighted by Gasteiger charge is 2.24. The molecular formula is C17H20N2O3. The first kappa shape index (κ1) is 14.6. The molecule has 0 aliphatic heterocycles. The fourth-order valence-corrected chi connectivity index (χ4v) is 2.55. The van der Waals surface area contributed by atoms with Gasteiger partial charge in [-0.25, -0.2) is 0 Å². The van der Waals surface area contributed by atoms with Gasteiger partial charge in [0, 0.05) is 36.5 Å². The SMILES string of the molecule is CC(=O)Nc1ccc2occ(CCNC(=O)CC3CC3)c2c1. The van der Waals surface area contributed by atoms with Crippen LogP contribution in [0.15, 0.2) is 28.9 Å². The van der Waals surface area contributed by atoms with Crippen LogP contribution in [-0.4, -0.2) is 18.4 Å². The quantitative estimate of drug-likeness (QED) is 0.861. The molecule has 0 bridgehead atoms. The second-order valence-electron chi connectivity index (χ2n) is 5.90. The summed E-state index contributed by atoms with van der Waals surface area (Å²) in [7, 11) is 0. The Bertz CT molecular complexity index is 701. The van der Waals surface area contributed by atoms with Gasteiger partial charge in [-0.05, 0) is 43.4 Å². The number of nitrogens with one attached hydrogen (secondary N) is 2. The summed E-state index contributed by atoms with van der Waals surface area (Å²) in [4.78, 5) is 22.8. The number of amides is 2. The van der Waals surface area contributed by atoms with Crippen molar-refractivity contribution < 1.29 is 14.0 Å². The predicted molar refractivity (Wildman–Crippen MR) is 84.6 cm³/mol. The summed E-state index contributed by atoms with van der Waals surface area (Å²) in [6, 6.07) is 5.56. The molecule has 5 heteroatoms. The monoisotopic (exact) mass is 300 g/mol. The summed E-state index contributed by atoms with van der Waals surface area (Å²) in [6.45, 7) is 2.08. The van der Waals surface area contributed by atoms with Crippen molar-refractivity contribution in [2.24, 2.45) is 5.92 Å². The van der Waals surface area contributed by atoms with Crippen LogP contribution >= 0.6 is 0 Å². The van der Waals surface area contributed by atoms with Crippen LogP contribution in [0.1, 0.15) is 31.7 Å². The number of carbonyl (C=O) groups is 2. The lowest BCUT2D eigenvalue weighted by Crippen LogP contribution is -2.25. The molecule has 0 saturated heterocycles. The minimum absolute atomic E-state index is 0.100. The molecule has 0 atom stereocenters. The molecule has 116 valence electrons. The van der Waals surface area contributed by atoms with Crippen LogP contribution in [-0.2, 0) is 16.0 Å². The maximum atomic E-state index is 11.7. The van der Waals surface area contributed by atoms with Gasteiger partial charge in [0.1, 0.15) is 5.58 Å². The molecule has 5 nitrogen and oxygen atoms in total. The fraction of sp³-hybridized carbons (Fsp3) is 0.412. The van der Waals surface area contributed by atoms with Crippen molar-refractivity contribution in [3.05, 3.63) is 30.0 Å². The molecule has 22 heavy (non-hydrogen) atoms. The highest BCUT2D eigenvalue weighted by atomic mass is 16.3. The molecular weight excluding hydrogens is 280 g/mol. The molecule has 1 heterocycles. The lowest BCUT2D eigenvalue weighted by molar-refractivity contribution is -0.121. The van der Waals surface area contributed by atoms with Crippen molar-refractivity contribution in [3.63, 3.8) is 0 Å². The third-order valence-electron chi connectivity index (χ3n) is 3.86. The van der Waals surface area contributed by atoms with Gasteiger partial charge in [-0.1, -0.05) is 0 Å². The molecule has 1 aliphatic carbocycles. The molecule has 3 rings (SSSR count). The molecule has 2 aromatic rings. The highest BCUT2D eigenvalue weighted by molar-refractivity contribution is 5.92. The van der Waals surface area contributed by atoms with Gasteiger partial charge < -0.3 is 15.1 Å². The van der Waals surface area contributed by atoms with Crippen LogP contribution in [0.25, 0.3) is 11.0 Å². The molecule has 2 amide bonds. The third kappa shape index (κ3) is 3.67. The molecule has 1 aromatic heterocycles. The van der Waals surface area contributed by atoms with Crippen molar-refractivity contribution in [1.82, 2.24) is 5.32 Å². The Morgan fingerprint density at radius 1 is 1.32 bits per heavy atom. The molecule has 1 fully saturated rings. The van der Waals surface area contributed by atoms with Gasteiger partial charge in [0.15, 0.2) is 0 Å². The number of hydrogen-bond acceptors (Lipinski definition) is 3.